The summed E-state index contributed by atoms with van der Waals surface area (Å²) < 4.78 is 2.26. The fourth-order valence-corrected chi connectivity index (χ4v) is 4.99. The summed E-state index contributed by atoms with van der Waals surface area (Å²) in [6, 6.07) is 0.468. The maximum atomic E-state index is 11.4. The SMILES string of the molecule is Cc1cn(C2CC3(C)CCC2C3(C)C)c(C)c1C(=O)O. The number of aromatic carboxylic acids is 1. The van der Waals surface area contributed by atoms with Gasteiger partial charge in [-0.15, -0.1) is 0 Å². The predicted octanol–water partition coefficient (Wildman–Crippen LogP) is 4.19. The van der Waals surface area contributed by atoms with Crippen molar-refractivity contribution in [2.24, 2.45) is 16.7 Å². The molecule has 2 aliphatic rings. The Kier molecular flexibility index (Phi) is 2.67. The Morgan fingerprint density at radius 1 is 1.35 bits per heavy atom. The van der Waals surface area contributed by atoms with Crippen LogP contribution < -0.4 is 0 Å². The molecule has 3 atom stereocenters. The third-order valence-electron chi connectivity index (χ3n) is 6.66. The van der Waals surface area contributed by atoms with E-state index in [-0.39, 0.29) is 0 Å². The lowest BCUT2D eigenvalue weighted by molar-refractivity contribution is 0.0695. The summed E-state index contributed by atoms with van der Waals surface area (Å²) in [5, 5.41) is 9.37. The van der Waals surface area contributed by atoms with E-state index in [1.54, 1.807) is 0 Å². The van der Waals surface area contributed by atoms with Gasteiger partial charge < -0.3 is 9.67 Å². The first-order valence-corrected chi connectivity index (χ1v) is 7.60. The standard InChI is InChI=1S/C17H25NO2/c1-10-9-18(11(2)14(10)15(19)20)13-8-17(5)7-6-12(13)16(17,3)4/h9,12-13H,6-8H2,1-5H3,(H,19,20). The van der Waals surface area contributed by atoms with Gasteiger partial charge in [0.2, 0.25) is 0 Å². The highest BCUT2D eigenvalue weighted by Gasteiger charge is 2.61. The Balaban J connectivity index is 2.05. The molecule has 0 aromatic carbocycles. The largest absolute Gasteiger partial charge is 0.478 e. The summed E-state index contributed by atoms with van der Waals surface area (Å²) in [4.78, 5) is 11.4. The van der Waals surface area contributed by atoms with Crippen molar-refractivity contribution >= 4 is 5.97 Å². The monoisotopic (exact) mass is 275 g/mol. The molecule has 0 spiro atoms. The van der Waals surface area contributed by atoms with E-state index >= 15 is 0 Å². The van der Waals surface area contributed by atoms with Gasteiger partial charge >= 0.3 is 5.97 Å². The summed E-state index contributed by atoms with van der Waals surface area (Å²) in [5.41, 5.74) is 3.06. The van der Waals surface area contributed by atoms with Crippen LogP contribution >= 0.6 is 0 Å². The number of aryl methyl sites for hydroxylation is 1. The fourth-order valence-electron chi connectivity index (χ4n) is 4.99. The first-order chi connectivity index (χ1) is 9.19. The molecule has 20 heavy (non-hydrogen) atoms. The van der Waals surface area contributed by atoms with Gasteiger partial charge in [-0.3, -0.25) is 0 Å². The molecule has 2 saturated carbocycles. The summed E-state index contributed by atoms with van der Waals surface area (Å²) in [7, 11) is 0. The average molecular weight is 275 g/mol. The first-order valence-electron chi connectivity index (χ1n) is 7.60. The van der Waals surface area contributed by atoms with Crippen LogP contribution in [0.3, 0.4) is 0 Å². The van der Waals surface area contributed by atoms with Crippen molar-refractivity contribution < 1.29 is 9.90 Å². The van der Waals surface area contributed by atoms with E-state index in [0.29, 0.717) is 28.4 Å². The minimum absolute atomic E-state index is 0.353. The second kappa shape index (κ2) is 3.90. The number of carboxylic acids is 1. The zero-order chi connectivity index (χ0) is 14.9. The molecule has 0 aliphatic heterocycles. The fraction of sp³-hybridized carbons (Fsp3) is 0.706. The highest BCUT2D eigenvalue weighted by molar-refractivity contribution is 5.90. The lowest BCUT2D eigenvalue weighted by atomic mass is 9.71. The number of rotatable bonds is 2. The van der Waals surface area contributed by atoms with Crippen LogP contribution in [0.4, 0.5) is 0 Å². The molecule has 3 rings (SSSR count). The van der Waals surface area contributed by atoms with E-state index in [9.17, 15) is 9.90 Å². The minimum Gasteiger partial charge on any atom is -0.478 e. The van der Waals surface area contributed by atoms with Crippen LogP contribution in [-0.2, 0) is 0 Å². The molecule has 3 nitrogen and oxygen atoms in total. The van der Waals surface area contributed by atoms with Crippen LogP contribution in [0.25, 0.3) is 0 Å². The van der Waals surface area contributed by atoms with Crippen molar-refractivity contribution in [3.8, 4) is 0 Å². The Labute approximate surface area is 121 Å². The quantitative estimate of drug-likeness (QED) is 0.879. The highest BCUT2D eigenvalue weighted by Crippen LogP contribution is 2.69. The molecule has 3 unspecified atom stereocenters. The zero-order valence-electron chi connectivity index (χ0n) is 13.2. The lowest BCUT2D eigenvalue weighted by Gasteiger charge is -2.33. The molecule has 0 radical (unpaired) electrons. The van der Waals surface area contributed by atoms with Crippen LogP contribution in [0, 0.1) is 30.6 Å². The average Bonchev–Trinajstić information content (AvgIpc) is 2.81. The van der Waals surface area contributed by atoms with Crippen molar-refractivity contribution in [1.29, 1.82) is 0 Å². The molecule has 2 fully saturated rings. The molecule has 1 heterocycles. The molecule has 2 aliphatic carbocycles. The van der Waals surface area contributed by atoms with Crippen molar-refractivity contribution in [1.82, 2.24) is 4.57 Å². The predicted molar refractivity (Wildman–Crippen MR) is 79.1 cm³/mol. The number of hydrogen-bond acceptors (Lipinski definition) is 1. The topological polar surface area (TPSA) is 42.2 Å². The first kappa shape index (κ1) is 13.7. The van der Waals surface area contributed by atoms with E-state index < -0.39 is 5.97 Å². The summed E-state index contributed by atoms with van der Waals surface area (Å²) in [5.74, 6) is -0.132. The van der Waals surface area contributed by atoms with Crippen LogP contribution in [-0.4, -0.2) is 15.6 Å². The normalized spacial score (nSPS) is 34.6. The molecule has 3 heteroatoms. The van der Waals surface area contributed by atoms with Crippen molar-refractivity contribution in [2.45, 2.75) is 59.9 Å². The molecule has 1 aromatic heterocycles. The lowest BCUT2D eigenvalue weighted by Crippen LogP contribution is -2.26. The summed E-state index contributed by atoms with van der Waals surface area (Å²) in [6.45, 7) is 11.1. The van der Waals surface area contributed by atoms with Crippen molar-refractivity contribution in [3.63, 3.8) is 0 Å². The van der Waals surface area contributed by atoms with E-state index in [1.165, 1.54) is 19.3 Å². The van der Waals surface area contributed by atoms with E-state index in [0.717, 1.165) is 11.3 Å². The van der Waals surface area contributed by atoms with Gasteiger partial charge in [0.25, 0.3) is 0 Å². The van der Waals surface area contributed by atoms with E-state index in [2.05, 4.69) is 31.5 Å². The maximum absolute atomic E-state index is 11.4. The zero-order valence-corrected chi connectivity index (χ0v) is 13.2. The van der Waals surface area contributed by atoms with Crippen LogP contribution in [0.2, 0.25) is 0 Å². The van der Waals surface area contributed by atoms with Gasteiger partial charge in [-0.25, -0.2) is 4.79 Å². The van der Waals surface area contributed by atoms with Crippen molar-refractivity contribution in [2.75, 3.05) is 0 Å². The Hall–Kier alpha value is -1.25. The second-order valence-electron chi connectivity index (χ2n) is 7.68. The molecule has 0 amide bonds. The second-order valence-corrected chi connectivity index (χ2v) is 7.68. The summed E-state index contributed by atoms with van der Waals surface area (Å²) in [6.07, 6.45) is 5.82. The van der Waals surface area contributed by atoms with Gasteiger partial charge in [-0.1, -0.05) is 20.8 Å². The van der Waals surface area contributed by atoms with Gasteiger partial charge in [-0.2, -0.15) is 0 Å². The van der Waals surface area contributed by atoms with E-state index in [1.807, 2.05) is 13.8 Å². The molecular formula is C17H25NO2. The van der Waals surface area contributed by atoms with Gasteiger partial charge in [-0.05, 0) is 55.4 Å². The number of nitrogens with zero attached hydrogens (tertiary/aromatic N) is 1. The smallest absolute Gasteiger partial charge is 0.337 e. The third-order valence-corrected chi connectivity index (χ3v) is 6.66. The Morgan fingerprint density at radius 3 is 2.40 bits per heavy atom. The third kappa shape index (κ3) is 1.49. The van der Waals surface area contributed by atoms with Gasteiger partial charge in [0.1, 0.15) is 0 Å². The number of hydrogen-bond donors (Lipinski definition) is 1. The number of fused-ring (bicyclic) bond motifs is 2. The van der Waals surface area contributed by atoms with Crippen molar-refractivity contribution in [3.05, 3.63) is 23.0 Å². The number of carbonyl (C=O) groups is 1. The molecule has 110 valence electrons. The van der Waals surface area contributed by atoms with E-state index in [4.69, 9.17) is 0 Å². The van der Waals surface area contributed by atoms with Crippen LogP contribution in [0.5, 0.6) is 0 Å². The Morgan fingerprint density at radius 2 is 2.00 bits per heavy atom. The maximum Gasteiger partial charge on any atom is 0.337 e. The molecule has 1 N–H and O–H groups in total. The molecule has 0 saturated heterocycles. The Bertz CT molecular complexity index is 581. The van der Waals surface area contributed by atoms with Gasteiger partial charge in [0.05, 0.1) is 5.56 Å². The summed E-state index contributed by atoms with van der Waals surface area (Å²) >= 11 is 0. The number of aromatic nitrogens is 1. The van der Waals surface area contributed by atoms with Crippen LogP contribution in [0.1, 0.15) is 67.7 Å². The molecule has 1 aromatic rings. The van der Waals surface area contributed by atoms with Gasteiger partial charge in [0, 0.05) is 17.9 Å². The number of carboxylic acid groups (broad SMARTS) is 1. The molecule has 2 bridgehead atoms. The van der Waals surface area contributed by atoms with Gasteiger partial charge in [0.15, 0.2) is 0 Å². The minimum atomic E-state index is -0.799. The highest BCUT2D eigenvalue weighted by atomic mass is 16.4. The van der Waals surface area contributed by atoms with Crippen LogP contribution in [0.15, 0.2) is 6.20 Å². The molecular weight excluding hydrogens is 250 g/mol.